The molecule has 0 atom stereocenters. The zero-order chi connectivity index (χ0) is 13.9. The minimum atomic E-state index is 0.730. The highest BCUT2D eigenvalue weighted by Gasteiger charge is 2.09. The molecule has 0 spiro atoms. The normalized spacial score (nSPS) is 11.5. The number of hydrogen-bond acceptors (Lipinski definition) is 4. The predicted octanol–water partition coefficient (Wildman–Crippen LogP) is 2.45. The predicted molar refractivity (Wildman–Crippen MR) is 81.1 cm³/mol. The van der Waals surface area contributed by atoms with Crippen LogP contribution in [0.2, 0.25) is 0 Å². The Morgan fingerprint density at radius 2 is 2.30 bits per heavy atom. The van der Waals surface area contributed by atoms with E-state index in [4.69, 9.17) is 0 Å². The van der Waals surface area contributed by atoms with Crippen LogP contribution in [0.4, 0.5) is 0 Å². The maximum atomic E-state index is 4.60. The second-order valence-electron chi connectivity index (χ2n) is 4.91. The van der Waals surface area contributed by atoms with Crippen LogP contribution in [0.25, 0.3) is 4.96 Å². The number of thiazole rings is 1. The molecule has 1 N–H and O–H groups in total. The standard InChI is InChI=1S/C14H19N5S/c1-3-4-15-7-12-8-16-19(11(12)2)10-13-9-18-5-6-20-14(18)17-13/h5-6,8-9,15H,3-4,7,10H2,1-2H3. The van der Waals surface area contributed by atoms with Crippen molar-refractivity contribution >= 4 is 16.3 Å². The lowest BCUT2D eigenvalue weighted by Gasteiger charge is -2.04. The van der Waals surface area contributed by atoms with Gasteiger partial charge in [0.1, 0.15) is 0 Å². The van der Waals surface area contributed by atoms with E-state index in [1.165, 1.54) is 11.3 Å². The Morgan fingerprint density at radius 1 is 1.40 bits per heavy atom. The number of nitrogens with one attached hydrogen (secondary N) is 1. The molecule has 0 amide bonds. The molecule has 0 radical (unpaired) electrons. The number of nitrogens with zero attached hydrogens (tertiary/aromatic N) is 4. The van der Waals surface area contributed by atoms with Gasteiger partial charge >= 0.3 is 0 Å². The van der Waals surface area contributed by atoms with Crippen molar-refractivity contribution in [2.75, 3.05) is 6.54 Å². The van der Waals surface area contributed by atoms with Gasteiger partial charge in [-0.1, -0.05) is 6.92 Å². The highest BCUT2D eigenvalue weighted by Crippen LogP contribution is 2.14. The largest absolute Gasteiger partial charge is 0.313 e. The molecule has 3 aromatic heterocycles. The first-order valence-electron chi connectivity index (χ1n) is 6.91. The first-order valence-corrected chi connectivity index (χ1v) is 7.79. The number of fused-ring (bicyclic) bond motifs is 1. The molecule has 3 aromatic rings. The molecule has 20 heavy (non-hydrogen) atoms. The summed E-state index contributed by atoms with van der Waals surface area (Å²) in [6.07, 6.45) is 7.21. The van der Waals surface area contributed by atoms with Gasteiger partial charge in [-0.25, -0.2) is 4.98 Å². The van der Waals surface area contributed by atoms with Crippen LogP contribution in [0.5, 0.6) is 0 Å². The summed E-state index contributed by atoms with van der Waals surface area (Å²) in [4.78, 5) is 5.64. The molecule has 0 aliphatic heterocycles. The van der Waals surface area contributed by atoms with Gasteiger partial charge in [0.15, 0.2) is 4.96 Å². The van der Waals surface area contributed by atoms with Crippen molar-refractivity contribution in [3.8, 4) is 0 Å². The van der Waals surface area contributed by atoms with Crippen LogP contribution >= 0.6 is 11.3 Å². The highest BCUT2D eigenvalue weighted by molar-refractivity contribution is 7.15. The summed E-state index contributed by atoms with van der Waals surface area (Å²) in [6.45, 7) is 6.95. The molecular weight excluding hydrogens is 270 g/mol. The molecule has 0 aromatic carbocycles. The van der Waals surface area contributed by atoms with Crippen LogP contribution in [-0.4, -0.2) is 25.7 Å². The first-order chi connectivity index (χ1) is 9.78. The van der Waals surface area contributed by atoms with Crippen molar-refractivity contribution < 1.29 is 0 Å². The summed E-state index contributed by atoms with van der Waals surface area (Å²) in [5.74, 6) is 0. The van der Waals surface area contributed by atoms with Crippen LogP contribution < -0.4 is 5.32 Å². The molecule has 0 fully saturated rings. The molecular formula is C14H19N5S. The molecule has 3 heterocycles. The smallest absolute Gasteiger partial charge is 0.193 e. The van der Waals surface area contributed by atoms with Gasteiger partial charge in [0.25, 0.3) is 0 Å². The van der Waals surface area contributed by atoms with E-state index < -0.39 is 0 Å². The number of hydrogen-bond donors (Lipinski definition) is 1. The number of aromatic nitrogens is 4. The second kappa shape index (κ2) is 5.76. The molecule has 0 saturated heterocycles. The Bertz CT molecular complexity index is 665. The Balaban J connectivity index is 1.72. The number of imidazole rings is 1. The molecule has 0 aliphatic rings. The van der Waals surface area contributed by atoms with E-state index in [-0.39, 0.29) is 0 Å². The van der Waals surface area contributed by atoms with E-state index in [0.717, 1.165) is 36.7 Å². The van der Waals surface area contributed by atoms with E-state index in [1.807, 2.05) is 22.5 Å². The van der Waals surface area contributed by atoms with Gasteiger partial charge in [0.05, 0.1) is 18.4 Å². The van der Waals surface area contributed by atoms with Crippen LogP contribution in [0.1, 0.15) is 30.3 Å². The lowest BCUT2D eigenvalue weighted by molar-refractivity contribution is 0.645. The van der Waals surface area contributed by atoms with Gasteiger partial charge in [0, 0.05) is 35.6 Å². The van der Waals surface area contributed by atoms with Crippen molar-refractivity contribution in [2.24, 2.45) is 0 Å². The molecule has 0 unspecified atom stereocenters. The fraction of sp³-hybridized carbons (Fsp3) is 0.429. The average molecular weight is 289 g/mol. The second-order valence-corrected chi connectivity index (χ2v) is 5.79. The van der Waals surface area contributed by atoms with Crippen molar-refractivity contribution in [2.45, 2.75) is 33.4 Å². The fourth-order valence-electron chi connectivity index (χ4n) is 2.22. The fourth-order valence-corrected chi connectivity index (χ4v) is 2.94. The molecule has 6 heteroatoms. The number of rotatable bonds is 6. The maximum absolute atomic E-state index is 4.60. The Morgan fingerprint density at radius 3 is 3.10 bits per heavy atom. The zero-order valence-corrected chi connectivity index (χ0v) is 12.7. The van der Waals surface area contributed by atoms with Gasteiger partial charge in [-0.3, -0.25) is 9.08 Å². The SMILES string of the molecule is CCCNCc1cnn(Cc2cn3ccsc3n2)c1C. The Hall–Kier alpha value is -1.66. The van der Waals surface area contributed by atoms with Crippen LogP contribution in [-0.2, 0) is 13.1 Å². The summed E-state index contributed by atoms with van der Waals surface area (Å²) in [7, 11) is 0. The molecule has 106 valence electrons. The third-order valence-corrected chi connectivity index (χ3v) is 4.17. The van der Waals surface area contributed by atoms with Crippen molar-refractivity contribution in [1.29, 1.82) is 0 Å². The van der Waals surface area contributed by atoms with E-state index in [2.05, 4.69) is 39.8 Å². The summed E-state index contributed by atoms with van der Waals surface area (Å²) < 4.78 is 4.08. The lowest BCUT2D eigenvalue weighted by atomic mass is 10.2. The third-order valence-electron chi connectivity index (χ3n) is 3.40. The topological polar surface area (TPSA) is 47.2 Å². The summed E-state index contributed by atoms with van der Waals surface area (Å²) in [5, 5.41) is 9.93. The van der Waals surface area contributed by atoms with E-state index in [0.29, 0.717) is 0 Å². The van der Waals surface area contributed by atoms with Gasteiger partial charge in [-0.05, 0) is 19.9 Å². The van der Waals surface area contributed by atoms with Gasteiger partial charge < -0.3 is 5.32 Å². The van der Waals surface area contributed by atoms with Crippen molar-refractivity contribution in [1.82, 2.24) is 24.5 Å². The maximum Gasteiger partial charge on any atom is 0.193 e. The highest BCUT2D eigenvalue weighted by atomic mass is 32.1. The van der Waals surface area contributed by atoms with Crippen molar-refractivity contribution in [3.05, 3.63) is 40.9 Å². The summed E-state index contributed by atoms with van der Waals surface area (Å²) >= 11 is 1.65. The van der Waals surface area contributed by atoms with Crippen LogP contribution in [0.3, 0.4) is 0 Å². The molecule has 3 rings (SSSR count). The average Bonchev–Trinajstić information content (AvgIpc) is 3.09. The minimum Gasteiger partial charge on any atom is -0.313 e. The molecule has 0 aliphatic carbocycles. The van der Waals surface area contributed by atoms with E-state index in [1.54, 1.807) is 11.3 Å². The minimum absolute atomic E-state index is 0.730. The lowest BCUT2D eigenvalue weighted by Crippen LogP contribution is -2.14. The van der Waals surface area contributed by atoms with Gasteiger partial charge in [-0.15, -0.1) is 11.3 Å². The Labute approximate surface area is 122 Å². The molecule has 5 nitrogen and oxygen atoms in total. The van der Waals surface area contributed by atoms with Crippen LogP contribution in [0, 0.1) is 6.92 Å². The molecule has 0 bridgehead atoms. The third kappa shape index (κ3) is 2.62. The quantitative estimate of drug-likeness (QED) is 0.709. The van der Waals surface area contributed by atoms with Crippen LogP contribution in [0.15, 0.2) is 24.0 Å². The Kier molecular flexibility index (Phi) is 3.84. The monoisotopic (exact) mass is 289 g/mol. The molecule has 0 saturated carbocycles. The van der Waals surface area contributed by atoms with E-state index in [9.17, 15) is 0 Å². The van der Waals surface area contributed by atoms with Crippen molar-refractivity contribution in [3.63, 3.8) is 0 Å². The van der Waals surface area contributed by atoms with Gasteiger partial charge in [-0.2, -0.15) is 5.10 Å². The van der Waals surface area contributed by atoms with Gasteiger partial charge in [0.2, 0.25) is 0 Å². The first kappa shape index (κ1) is 13.3. The zero-order valence-electron chi connectivity index (χ0n) is 11.8. The summed E-state index contributed by atoms with van der Waals surface area (Å²) in [5.41, 5.74) is 3.53. The summed E-state index contributed by atoms with van der Waals surface area (Å²) in [6, 6.07) is 0. The van der Waals surface area contributed by atoms with E-state index >= 15 is 0 Å².